The quantitative estimate of drug-likeness (QED) is 0.153. The maximum Gasteiger partial charge on any atom is 0.417 e. The molecule has 13 heteroatoms. The van der Waals surface area contributed by atoms with E-state index in [-0.39, 0.29) is 33.6 Å². The van der Waals surface area contributed by atoms with Crippen molar-refractivity contribution in [2.75, 3.05) is 7.11 Å². The Morgan fingerprint density at radius 1 is 1.10 bits per heavy atom. The van der Waals surface area contributed by atoms with E-state index >= 15 is 4.39 Å². The molecular weight excluding hydrogens is 610 g/mol. The Balaban J connectivity index is 1.77. The van der Waals surface area contributed by atoms with Gasteiger partial charge in [0.1, 0.15) is 11.5 Å². The summed E-state index contributed by atoms with van der Waals surface area (Å²) in [6.07, 6.45) is -3.50. The molecule has 0 saturated heterocycles. The summed E-state index contributed by atoms with van der Waals surface area (Å²) in [6.45, 7) is 0. The zero-order chi connectivity index (χ0) is 28.1. The molecular formula is C26H13BrClF4N3O4. The molecule has 0 amide bonds. The maximum atomic E-state index is 15.2. The van der Waals surface area contributed by atoms with Crippen LogP contribution in [0.4, 0.5) is 17.6 Å². The van der Waals surface area contributed by atoms with Crippen molar-refractivity contribution in [3.05, 3.63) is 93.0 Å². The van der Waals surface area contributed by atoms with E-state index in [9.17, 15) is 22.8 Å². The largest absolute Gasteiger partial charge is 0.465 e. The van der Waals surface area contributed by atoms with Gasteiger partial charge in [-0.15, -0.1) is 0 Å². The van der Waals surface area contributed by atoms with Crippen LogP contribution in [0.2, 0.25) is 5.02 Å². The Kier molecular flexibility index (Phi) is 6.77. The number of alkyl halides is 3. The second-order valence-electron chi connectivity index (χ2n) is 8.11. The van der Waals surface area contributed by atoms with E-state index in [2.05, 4.69) is 30.7 Å². The van der Waals surface area contributed by atoms with Crippen molar-refractivity contribution in [1.82, 2.24) is 14.8 Å². The summed E-state index contributed by atoms with van der Waals surface area (Å²) in [5.74, 6) is -2.69. The van der Waals surface area contributed by atoms with Gasteiger partial charge in [-0.1, -0.05) is 17.7 Å². The van der Waals surface area contributed by atoms with Gasteiger partial charge in [-0.2, -0.15) is 23.0 Å². The molecule has 0 N–H and O–H groups in total. The minimum absolute atomic E-state index is 0.0336. The van der Waals surface area contributed by atoms with Crippen LogP contribution < -0.4 is 0 Å². The van der Waals surface area contributed by atoms with E-state index < -0.39 is 40.0 Å². The zero-order valence-electron chi connectivity index (χ0n) is 19.5. The number of nitrogens with zero attached hydrogens (tertiary/aromatic N) is 3. The number of hydrogen-bond donors (Lipinski definition) is 0. The summed E-state index contributed by atoms with van der Waals surface area (Å²) in [7, 11) is 1.14. The highest BCUT2D eigenvalue weighted by atomic mass is 79.9. The van der Waals surface area contributed by atoms with Crippen LogP contribution in [-0.2, 0) is 10.9 Å². The van der Waals surface area contributed by atoms with Crippen LogP contribution in [0.15, 0.2) is 69.9 Å². The van der Waals surface area contributed by atoms with Crippen LogP contribution in [0.3, 0.4) is 0 Å². The van der Waals surface area contributed by atoms with Crippen LogP contribution in [-0.4, -0.2) is 33.8 Å². The first-order valence-corrected chi connectivity index (χ1v) is 12.1. The Morgan fingerprint density at radius 2 is 1.87 bits per heavy atom. The topological polar surface area (TPSA) is 87.2 Å². The first kappa shape index (κ1) is 26.6. The second kappa shape index (κ2) is 9.93. The van der Waals surface area contributed by atoms with Gasteiger partial charge in [0.25, 0.3) is 5.91 Å². The molecule has 0 unspecified atom stereocenters. The van der Waals surface area contributed by atoms with Gasteiger partial charge in [0.2, 0.25) is 5.89 Å². The number of fused-ring (bicyclic) bond motifs is 1. The number of aromatic nitrogens is 3. The van der Waals surface area contributed by atoms with Gasteiger partial charge in [-0.05, 0) is 64.5 Å². The SMILES string of the molecule is COC(=O)c1ccc(-c2nn(C(=O)c3c(Cl)cccc3C(F)(F)F)c3cc(-c4ncc(Br)o4)ccc23)c(F)c1. The first-order valence-electron chi connectivity index (χ1n) is 10.9. The maximum absolute atomic E-state index is 15.2. The van der Waals surface area contributed by atoms with Crippen LogP contribution >= 0.6 is 27.5 Å². The molecule has 7 nitrogen and oxygen atoms in total. The van der Waals surface area contributed by atoms with Crippen LogP contribution in [0.1, 0.15) is 26.3 Å². The minimum atomic E-state index is -4.90. The summed E-state index contributed by atoms with van der Waals surface area (Å²) in [4.78, 5) is 29.5. The third-order valence-electron chi connectivity index (χ3n) is 5.78. The third-order valence-corrected chi connectivity index (χ3v) is 6.46. The highest BCUT2D eigenvalue weighted by Gasteiger charge is 2.37. The van der Waals surface area contributed by atoms with E-state index in [1.807, 2.05) is 0 Å². The molecule has 0 saturated carbocycles. The summed E-state index contributed by atoms with van der Waals surface area (Å²) >= 11 is 9.22. The molecule has 0 atom stereocenters. The molecule has 3 aromatic carbocycles. The lowest BCUT2D eigenvalue weighted by molar-refractivity contribution is -0.137. The molecule has 0 aliphatic carbocycles. The van der Waals surface area contributed by atoms with Crippen molar-refractivity contribution < 1.29 is 36.3 Å². The Bertz CT molecular complexity index is 1780. The van der Waals surface area contributed by atoms with Gasteiger partial charge < -0.3 is 9.15 Å². The fourth-order valence-corrected chi connectivity index (χ4v) is 4.54. The van der Waals surface area contributed by atoms with Crippen molar-refractivity contribution >= 4 is 50.3 Å². The number of oxazole rings is 1. The Hall–Kier alpha value is -4.03. The standard InChI is InChI=1S/C26H13BrClF4N3O4/c1-38-25(37)13-6-7-14(18(29)9-13)22-15-8-5-12(23-33-11-20(27)39-23)10-19(15)35(34-22)24(36)21-16(26(30,31)32)3-2-4-17(21)28/h2-11H,1H3. The van der Waals surface area contributed by atoms with Gasteiger partial charge in [-0.25, -0.2) is 14.2 Å². The number of halogens is 6. The smallest absolute Gasteiger partial charge is 0.417 e. The van der Waals surface area contributed by atoms with E-state index in [1.54, 1.807) is 6.07 Å². The lowest BCUT2D eigenvalue weighted by Gasteiger charge is -2.13. The molecule has 2 heterocycles. The summed E-state index contributed by atoms with van der Waals surface area (Å²) in [5, 5.41) is 4.00. The molecule has 0 radical (unpaired) electrons. The third kappa shape index (κ3) is 4.81. The van der Waals surface area contributed by atoms with E-state index in [4.69, 9.17) is 16.0 Å². The second-order valence-corrected chi connectivity index (χ2v) is 9.30. The van der Waals surface area contributed by atoms with Gasteiger partial charge in [0.05, 0.1) is 40.5 Å². The highest BCUT2D eigenvalue weighted by molar-refractivity contribution is 9.10. The number of ether oxygens (including phenoxy) is 1. The number of carbonyl (C=O) groups excluding carboxylic acids is 2. The van der Waals surface area contributed by atoms with Crippen molar-refractivity contribution in [3.8, 4) is 22.7 Å². The molecule has 0 spiro atoms. The van der Waals surface area contributed by atoms with Crippen molar-refractivity contribution in [1.29, 1.82) is 0 Å². The van der Waals surface area contributed by atoms with Crippen molar-refractivity contribution in [3.63, 3.8) is 0 Å². The Morgan fingerprint density at radius 3 is 2.51 bits per heavy atom. The molecule has 0 bridgehead atoms. The molecule has 5 rings (SSSR count). The van der Waals surface area contributed by atoms with Gasteiger partial charge in [0, 0.05) is 16.5 Å². The summed E-state index contributed by atoms with van der Waals surface area (Å²) in [6, 6.07) is 10.9. The van der Waals surface area contributed by atoms with E-state index in [1.165, 1.54) is 30.5 Å². The van der Waals surface area contributed by atoms with Crippen molar-refractivity contribution in [2.45, 2.75) is 6.18 Å². The van der Waals surface area contributed by atoms with Gasteiger partial charge in [-0.3, -0.25) is 4.79 Å². The number of methoxy groups -OCH3 is 1. The molecule has 39 heavy (non-hydrogen) atoms. The van der Waals surface area contributed by atoms with Gasteiger partial charge >= 0.3 is 12.1 Å². The predicted octanol–water partition coefficient (Wildman–Crippen LogP) is 7.41. The fourth-order valence-electron chi connectivity index (χ4n) is 4.03. The van der Waals surface area contributed by atoms with Crippen LogP contribution in [0.5, 0.6) is 0 Å². The molecule has 5 aromatic rings. The monoisotopic (exact) mass is 621 g/mol. The van der Waals surface area contributed by atoms with Crippen molar-refractivity contribution in [2.24, 2.45) is 0 Å². The lowest BCUT2D eigenvalue weighted by Crippen LogP contribution is -2.20. The number of rotatable bonds is 4. The number of hydrogen-bond acceptors (Lipinski definition) is 6. The lowest BCUT2D eigenvalue weighted by atomic mass is 10.0. The van der Waals surface area contributed by atoms with E-state index in [0.717, 1.165) is 36.1 Å². The summed E-state index contributed by atoms with van der Waals surface area (Å²) < 4.78 is 67.7. The molecule has 198 valence electrons. The highest BCUT2D eigenvalue weighted by Crippen LogP contribution is 2.38. The molecule has 0 aliphatic rings. The number of esters is 1. The average molecular weight is 623 g/mol. The number of benzene rings is 3. The summed E-state index contributed by atoms with van der Waals surface area (Å²) in [5.41, 5.74) is -1.92. The normalized spacial score (nSPS) is 11.7. The molecule has 0 fully saturated rings. The first-order chi connectivity index (χ1) is 18.5. The van der Waals surface area contributed by atoms with E-state index in [0.29, 0.717) is 10.2 Å². The fraction of sp³-hybridized carbons (Fsp3) is 0.0769. The molecule has 2 aromatic heterocycles. The van der Waals surface area contributed by atoms with Crippen LogP contribution in [0.25, 0.3) is 33.6 Å². The molecule has 0 aliphatic heterocycles. The van der Waals surface area contributed by atoms with Crippen LogP contribution in [0, 0.1) is 5.82 Å². The average Bonchev–Trinajstić information content (AvgIpc) is 3.50. The predicted molar refractivity (Wildman–Crippen MR) is 136 cm³/mol. The minimum Gasteiger partial charge on any atom is -0.465 e. The Labute approximate surface area is 230 Å². The zero-order valence-corrected chi connectivity index (χ0v) is 21.9. The van der Waals surface area contributed by atoms with Gasteiger partial charge in [0.15, 0.2) is 4.67 Å². The number of carbonyl (C=O) groups is 2.